The number of aromatic nitrogens is 6. The highest BCUT2D eigenvalue weighted by Gasteiger charge is 2.48. The van der Waals surface area contributed by atoms with Gasteiger partial charge in [-0.3, -0.25) is 0 Å². The predicted molar refractivity (Wildman–Crippen MR) is 255 cm³/mol. The van der Waals surface area contributed by atoms with Gasteiger partial charge in [0.2, 0.25) is 13.4 Å². The average Bonchev–Trinajstić information content (AvgIpc) is 4.07. The summed E-state index contributed by atoms with van der Waals surface area (Å²) >= 11 is 7.56. The maximum Gasteiger partial charge on any atom is 0.249 e. The highest BCUT2D eigenvalue weighted by Crippen LogP contribution is 2.50. The summed E-state index contributed by atoms with van der Waals surface area (Å²) in [4.78, 5) is 27.6. The number of benzene rings is 3. The van der Waals surface area contributed by atoms with E-state index in [1.165, 1.54) is 73.5 Å². The predicted octanol–water partition coefficient (Wildman–Crippen LogP) is 5.33. The number of anilines is 2. The summed E-state index contributed by atoms with van der Waals surface area (Å²) in [5.41, 5.74) is 16.4. The lowest BCUT2D eigenvalue weighted by atomic mass is 9.34. The fourth-order valence-corrected chi connectivity index (χ4v) is 15.2. The van der Waals surface area contributed by atoms with Gasteiger partial charge in [0.15, 0.2) is 0 Å². The van der Waals surface area contributed by atoms with Gasteiger partial charge in [-0.2, -0.15) is 10.2 Å². The van der Waals surface area contributed by atoms with Gasteiger partial charge in [0.1, 0.15) is 0 Å². The Kier molecular flexibility index (Phi) is 8.12. The van der Waals surface area contributed by atoms with Crippen molar-refractivity contribution in [2.24, 2.45) is 0 Å². The molecule has 6 aliphatic heterocycles. The lowest BCUT2D eigenvalue weighted by molar-refractivity contribution is 0.496. The monoisotopic (exact) mass is 880 g/mol. The third-order valence-electron chi connectivity index (χ3n) is 12.7. The number of aryl methyl sites for hydroxylation is 4. The Morgan fingerprint density at radius 1 is 0.484 bits per heavy atom. The minimum absolute atomic E-state index is 0.0205. The number of hydrogen-bond donors (Lipinski definition) is 0. The van der Waals surface area contributed by atoms with Gasteiger partial charge < -0.3 is 19.6 Å². The van der Waals surface area contributed by atoms with Crippen molar-refractivity contribution in [1.29, 1.82) is 0 Å². The van der Waals surface area contributed by atoms with Crippen LogP contribution in [0.3, 0.4) is 0 Å². The first-order valence-corrected chi connectivity index (χ1v) is 24.0. The van der Waals surface area contributed by atoms with Crippen LogP contribution in [-0.2, 0) is 0 Å². The summed E-state index contributed by atoms with van der Waals surface area (Å²) in [7, 11) is 4.25. The molecule has 0 bridgehead atoms. The molecular formula is C46H38B2N10S4. The van der Waals surface area contributed by atoms with Gasteiger partial charge >= 0.3 is 0 Å². The molecule has 0 amide bonds. The average molecular weight is 881 g/mol. The van der Waals surface area contributed by atoms with E-state index < -0.39 is 0 Å². The van der Waals surface area contributed by atoms with Crippen molar-refractivity contribution in [3.63, 3.8) is 0 Å². The fraction of sp³-hybridized carbons (Fsp3) is 0.174. The Morgan fingerprint density at radius 2 is 0.903 bits per heavy atom. The van der Waals surface area contributed by atoms with Crippen LogP contribution in [0, 0.1) is 27.7 Å². The summed E-state index contributed by atoms with van der Waals surface area (Å²) in [6.45, 7) is 9.95. The van der Waals surface area contributed by atoms with Crippen molar-refractivity contribution < 1.29 is 0 Å². The van der Waals surface area contributed by atoms with Crippen LogP contribution in [0.15, 0.2) is 137 Å². The first-order chi connectivity index (χ1) is 30.1. The van der Waals surface area contributed by atoms with E-state index in [0.717, 1.165) is 57.5 Å². The second kappa shape index (κ2) is 13.5. The molecule has 302 valence electrons. The van der Waals surface area contributed by atoms with Crippen LogP contribution in [-0.4, -0.2) is 80.2 Å². The van der Waals surface area contributed by atoms with Crippen LogP contribution in [0.5, 0.6) is 0 Å². The van der Waals surface area contributed by atoms with E-state index in [2.05, 4.69) is 147 Å². The molecular weight excluding hydrogens is 842 g/mol. The molecule has 62 heavy (non-hydrogen) atoms. The molecule has 0 unspecified atom stereocenters. The van der Waals surface area contributed by atoms with Crippen LogP contribution in [0.1, 0.15) is 22.8 Å². The van der Waals surface area contributed by atoms with E-state index in [0.29, 0.717) is 0 Å². The molecule has 13 rings (SSSR count). The zero-order chi connectivity index (χ0) is 41.7. The van der Waals surface area contributed by atoms with Gasteiger partial charge in [-0.1, -0.05) is 58.0 Å². The van der Waals surface area contributed by atoms with E-state index in [1.807, 2.05) is 68.8 Å². The minimum atomic E-state index is -0.0205. The molecule has 10 heterocycles. The Labute approximate surface area is 378 Å². The van der Waals surface area contributed by atoms with Gasteiger partial charge in [-0.05, 0) is 110 Å². The molecule has 3 aromatic carbocycles. The molecule has 0 aliphatic carbocycles. The number of nitrogens with zero attached hydrogens (tertiary/aromatic N) is 10. The smallest absolute Gasteiger partial charge is 0.249 e. The highest BCUT2D eigenvalue weighted by atomic mass is 32.2. The Morgan fingerprint density at radius 3 is 1.29 bits per heavy atom. The van der Waals surface area contributed by atoms with Crippen LogP contribution in [0.2, 0.25) is 0 Å². The van der Waals surface area contributed by atoms with Crippen molar-refractivity contribution in [3.8, 4) is 11.4 Å². The standard InChI is InChI=1S/C46H38B2N10S4/c1-25-15-27(3)57(51-25)31-19-35-45(49-21-31)61-43-39-41(59-37-9-7-29(17-33(37)47(35)39)55-13-11-53(5)23-55)42-40-44(43)62-46-36(20-32(22-50-46)58-28(4)16-26(2)52-58)48(40)34-18-30(8-10-38(34)60-42)56-14-12-54(6)24-56/h7-22H,23-24H2,1-6H3. The lowest BCUT2D eigenvalue weighted by Gasteiger charge is -2.40. The molecule has 6 aliphatic rings. The summed E-state index contributed by atoms with van der Waals surface area (Å²) in [5, 5.41) is 11.9. The van der Waals surface area contributed by atoms with E-state index in [9.17, 15) is 0 Å². The first kappa shape index (κ1) is 37.2. The molecule has 0 spiro atoms. The molecule has 0 fully saturated rings. The molecule has 16 heteroatoms. The van der Waals surface area contributed by atoms with Crippen LogP contribution >= 0.6 is 47.0 Å². The normalized spacial score (nSPS) is 16.2. The minimum Gasteiger partial charge on any atom is -0.361 e. The van der Waals surface area contributed by atoms with Gasteiger partial charge in [-0.15, -0.1) is 0 Å². The second-order valence-electron chi connectivity index (χ2n) is 17.0. The van der Waals surface area contributed by atoms with Crippen LogP contribution in [0.25, 0.3) is 11.4 Å². The van der Waals surface area contributed by atoms with E-state index in [-0.39, 0.29) is 13.4 Å². The van der Waals surface area contributed by atoms with Crippen molar-refractivity contribution >= 4 is 105 Å². The SMILES string of the molecule is Cc1cc(C)n(-c2cnc3c(c2)B2c4cc(N5C=CN(C)C5)ccc4Sc4c5c6c(c(c42)S3)Sc2ncc(-n3nc(C)cc3C)cc2B6c2cc(N3C=CN(C)C3)ccc2S5)n1. The zero-order valence-electron chi connectivity index (χ0n) is 34.9. The third kappa shape index (κ3) is 5.52. The maximum absolute atomic E-state index is 5.31. The molecule has 0 N–H and O–H groups in total. The van der Waals surface area contributed by atoms with E-state index in [1.54, 1.807) is 0 Å². The van der Waals surface area contributed by atoms with Crippen molar-refractivity contribution in [1.82, 2.24) is 39.3 Å². The summed E-state index contributed by atoms with van der Waals surface area (Å²) < 4.78 is 4.08. The van der Waals surface area contributed by atoms with E-state index in [4.69, 9.17) is 20.2 Å². The van der Waals surface area contributed by atoms with Gasteiger partial charge in [0, 0.05) is 91.0 Å². The maximum atomic E-state index is 5.31. The Balaban J connectivity index is 1.05. The van der Waals surface area contributed by atoms with Gasteiger partial charge in [-0.25, -0.2) is 19.3 Å². The Hall–Kier alpha value is -5.41. The number of hydrogen-bond acceptors (Lipinski definition) is 12. The Bertz CT molecular complexity index is 2970. The summed E-state index contributed by atoms with van der Waals surface area (Å²) in [5.74, 6) is 0. The second-order valence-corrected chi connectivity index (χ2v) is 21.2. The summed E-state index contributed by atoms with van der Waals surface area (Å²) in [6.07, 6.45) is 12.7. The molecule has 7 aromatic rings. The molecule has 4 aromatic heterocycles. The zero-order valence-corrected chi connectivity index (χ0v) is 38.2. The number of rotatable bonds is 4. The molecule has 0 saturated heterocycles. The molecule has 0 saturated carbocycles. The highest BCUT2D eigenvalue weighted by molar-refractivity contribution is 8.05. The van der Waals surface area contributed by atoms with Crippen molar-refractivity contribution in [3.05, 3.63) is 121 Å². The first-order valence-electron chi connectivity index (χ1n) is 20.7. The third-order valence-corrected chi connectivity index (χ3v) is 17.7. The van der Waals surface area contributed by atoms with Crippen LogP contribution in [0.4, 0.5) is 11.4 Å². The summed E-state index contributed by atoms with van der Waals surface area (Å²) in [6, 6.07) is 23.2. The quantitative estimate of drug-likeness (QED) is 0.215. The molecule has 0 atom stereocenters. The lowest BCUT2D eigenvalue weighted by Crippen LogP contribution is -2.63. The van der Waals surface area contributed by atoms with Crippen LogP contribution < -0.4 is 42.6 Å². The van der Waals surface area contributed by atoms with E-state index >= 15 is 0 Å². The van der Waals surface area contributed by atoms with Crippen molar-refractivity contribution in [2.45, 2.75) is 67.1 Å². The largest absolute Gasteiger partial charge is 0.361 e. The molecule has 10 nitrogen and oxygen atoms in total. The van der Waals surface area contributed by atoms with Crippen molar-refractivity contribution in [2.75, 3.05) is 37.2 Å². The van der Waals surface area contributed by atoms with Gasteiger partial charge in [0.05, 0.1) is 58.5 Å². The van der Waals surface area contributed by atoms with Gasteiger partial charge in [0.25, 0.3) is 0 Å². The molecule has 0 radical (unpaired) electrons. The number of pyridine rings is 2. The fourth-order valence-electron chi connectivity index (χ4n) is 9.97. The topological polar surface area (TPSA) is 74.4 Å². The number of fused-ring (bicyclic) bond motifs is 10.